The van der Waals surface area contributed by atoms with Crippen molar-refractivity contribution >= 4 is 6.29 Å². The molecule has 1 aromatic heterocycles. The third-order valence-electron chi connectivity index (χ3n) is 2.08. The maximum absolute atomic E-state index is 10.5. The van der Waals surface area contributed by atoms with Gasteiger partial charge in [0.15, 0.2) is 0 Å². The van der Waals surface area contributed by atoms with Gasteiger partial charge < -0.3 is 4.52 Å². The van der Waals surface area contributed by atoms with Crippen LogP contribution in [-0.4, -0.2) is 16.4 Å². The molecular weight excluding hydrogens is 192 g/mol. The third kappa shape index (κ3) is 1.93. The third-order valence-corrected chi connectivity index (χ3v) is 2.08. The number of aromatic nitrogens is 2. The average Bonchev–Trinajstić information content (AvgIpc) is 2.78. The summed E-state index contributed by atoms with van der Waals surface area (Å²) < 4.78 is 4.99. The van der Waals surface area contributed by atoms with E-state index in [-0.39, 0.29) is 0 Å². The van der Waals surface area contributed by atoms with E-state index >= 15 is 0 Å². The summed E-state index contributed by atoms with van der Waals surface area (Å²) in [5.74, 6) is 1.17. The van der Waals surface area contributed by atoms with E-state index in [1.807, 2.05) is 6.92 Å². The summed E-state index contributed by atoms with van der Waals surface area (Å²) in [5, 5.41) is 3.84. The molecule has 0 saturated carbocycles. The molecule has 0 radical (unpaired) electrons. The molecule has 0 N–H and O–H groups in total. The highest BCUT2D eigenvalue weighted by Gasteiger charge is 2.06. The summed E-state index contributed by atoms with van der Waals surface area (Å²) in [5.41, 5.74) is 1.49. The van der Waals surface area contributed by atoms with Crippen LogP contribution in [0, 0.1) is 0 Å². The molecule has 0 unspecified atom stereocenters. The zero-order valence-electron chi connectivity index (χ0n) is 8.30. The fourth-order valence-corrected chi connectivity index (χ4v) is 1.23. The Bertz CT molecular complexity index is 460. The highest BCUT2D eigenvalue weighted by atomic mass is 16.5. The molecule has 0 saturated heterocycles. The zero-order chi connectivity index (χ0) is 10.7. The molecule has 76 valence electrons. The number of aldehydes is 1. The van der Waals surface area contributed by atoms with E-state index < -0.39 is 0 Å². The highest BCUT2D eigenvalue weighted by Crippen LogP contribution is 2.15. The van der Waals surface area contributed by atoms with Gasteiger partial charge in [-0.05, 0) is 0 Å². The smallest absolute Gasteiger partial charge is 0.226 e. The first-order valence-corrected chi connectivity index (χ1v) is 4.71. The number of benzene rings is 1. The van der Waals surface area contributed by atoms with E-state index in [0.29, 0.717) is 17.3 Å². The fourth-order valence-electron chi connectivity index (χ4n) is 1.23. The predicted octanol–water partition coefficient (Wildman–Crippen LogP) is 2.11. The number of nitrogens with zero attached hydrogens (tertiary/aromatic N) is 2. The van der Waals surface area contributed by atoms with Gasteiger partial charge in [0.05, 0.1) is 0 Å². The van der Waals surface area contributed by atoms with Crippen LogP contribution in [0.3, 0.4) is 0 Å². The largest absolute Gasteiger partial charge is 0.339 e. The van der Waals surface area contributed by atoms with Gasteiger partial charge in [0.2, 0.25) is 11.7 Å². The lowest BCUT2D eigenvalue weighted by molar-refractivity contribution is 0.112. The second kappa shape index (κ2) is 4.04. The second-order valence-corrected chi connectivity index (χ2v) is 3.11. The van der Waals surface area contributed by atoms with Crippen molar-refractivity contribution in [3.63, 3.8) is 0 Å². The first kappa shape index (κ1) is 9.58. The predicted molar refractivity (Wildman–Crippen MR) is 54.5 cm³/mol. The van der Waals surface area contributed by atoms with Crippen LogP contribution in [0.1, 0.15) is 23.2 Å². The van der Waals surface area contributed by atoms with Gasteiger partial charge in [0.1, 0.15) is 6.29 Å². The van der Waals surface area contributed by atoms with E-state index in [9.17, 15) is 4.79 Å². The Labute approximate surface area is 86.9 Å². The average molecular weight is 202 g/mol. The minimum Gasteiger partial charge on any atom is -0.339 e. The van der Waals surface area contributed by atoms with Gasteiger partial charge in [-0.2, -0.15) is 4.98 Å². The first-order chi connectivity index (χ1) is 7.33. The molecule has 0 aliphatic rings. The summed E-state index contributed by atoms with van der Waals surface area (Å²) in [6.45, 7) is 1.95. The molecule has 0 bridgehead atoms. The van der Waals surface area contributed by atoms with Crippen LogP contribution in [0.15, 0.2) is 28.8 Å². The molecule has 4 nitrogen and oxygen atoms in total. The van der Waals surface area contributed by atoms with E-state index in [0.717, 1.165) is 18.3 Å². The second-order valence-electron chi connectivity index (χ2n) is 3.11. The van der Waals surface area contributed by atoms with Gasteiger partial charge in [-0.25, -0.2) is 0 Å². The van der Waals surface area contributed by atoms with Crippen molar-refractivity contribution in [2.45, 2.75) is 13.3 Å². The lowest BCUT2D eigenvalue weighted by atomic mass is 10.1. The van der Waals surface area contributed by atoms with E-state index in [1.165, 1.54) is 0 Å². The van der Waals surface area contributed by atoms with Crippen molar-refractivity contribution in [2.24, 2.45) is 0 Å². The summed E-state index contributed by atoms with van der Waals surface area (Å²) in [7, 11) is 0. The molecule has 0 fully saturated rings. The van der Waals surface area contributed by atoms with Crippen LogP contribution in [-0.2, 0) is 6.42 Å². The Morgan fingerprint density at radius 1 is 1.33 bits per heavy atom. The van der Waals surface area contributed by atoms with Gasteiger partial charge >= 0.3 is 0 Å². The summed E-state index contributed by atoms with van der Waals surface area (Å²) in [4.78, 5) is 14.6. The van der Waals surface area contributed by atoms with E-state index in [4.69, 9.17) is 4.52 Å². The Balaban J connectivity index is 2.32. The van der Waals surface area contributed by atoms with Crippen LogP contribution < -0.4 is 0 Å². The number of aryl methyl sites for hydroxylation is 1. The standard InChI is InChI=1S/C11H10N2O2/c1-2-10-12-11(13-15-10)9-5-3-8(7-14)4-6-9/h3-7H,2H2,1H3. The molecule has 2 aromatic rings. The highest BCUT2D eigenvalue weighted by molar-refractivity contribution is 5.76. The summed E-state index contributed by atoms with van der Waals surface area (Å²) in [6, 6.07) is 7.05. The molecule has 2 rings (SSSR count). The van der Waals surface area contributed by atoms with Gasteiger partial charge in [0, 0.05) is 17.5 Å². The van der Waals surface area contributed by atoms with Crippen LogP contribution in [0.2, 0.25) is 0 Å². The SMILES string of the molecule is CCc1nc(-c2ccc(C=O)cc2)no1. The lowest BCUT2D eigenvalue weighted by Crippen LogP contribution is -1.84. The number of hydrogen-bond acceptors (Lipinski definition) is 4. The molecule has 0 spiro atoms. The van der Waals surface area contributed by atoms with Gasteiger partial charge in [-0.3, -0.25) is 4.79 Å². The zero-order valence-corrected chi connectivity index (χ0v) is 8.30. The molecule has 0 atom stereocenters. The molecule has 15 heavy (non-hydrogen) atoms. The van der Waals surface area contributed by atoms with Crippen molar-refractivity contribution in [3.05, 3.63) is 35.7 Å². The van der Waals surface area contributed by atoms with E-state index in [1.54, 1.807) is 24.3 Å². The number of hydrogen-bond donors (Lipinski definition) is 0. The Morgan fingerprint density at radius 3 is 2.60 bits per heavy atom. The molecule has 1 heterocycles. The topological polar surface area (TPSA) is 56.0 Å². The van der Waals surface area contributed by atoms with Crippen molar-refractivity contribution in [1.29, 1.82) is 0 Å². The quantitative estimate of drug-likeness (QED) is 0.715. The summed E-state index contributed by atoms with van der Waals surface area (Å²) in [6.07, 6.45) is 1.52. The van der Waals surface area contributed by atoms with Crippen LogP contribution in [0.5, 0.6) is 0 Å². The Kier molecular flexibility index (Phi) is 2.58. The van der Waals surface area contributed by atoms with Crippen molar-refractivity contribution in [3.8, 4) is 11.4 Å². The monoisotopic (exact) mass is 202 g/mol. The van der Waals surface area contributed by atoms with Crippen molar-refractivity contribution in [1.82, 2.24) is 10.1 Å². The maximum Gasteiger partial charge on any atom is 0.226 e. The number of carbonyl (C=O) groups is 1. The van der Waals surface area contributed by atoms with E-state index in [2.05, 4.69) is 10.1 Å². The maximum atomic E-state index is 10.5. The van der Waals surface area contributed by atoms with Gasteiger partial charge in [-0.15, -0.1) is 0 Å². The molecule has 0 aliphatic heterocycles. The molecule has 0 aliphatic carbocycles. The normalized spacial score (nSPS) is 10.2. The fraction of sp³-hybridized carbons (Fsp3) is 0.182. The number of carbonyl (C=O) groups excluding carboxylic acids is 1. The minimum atomic E-state index is 0.560. The molecular formula is C11H10N2O2. The molecule has 0 amide bonds. The first-order valence-electron chi connectivity index (χ1n) is 4.71. The molecule has 1 aromatic carbocycles. The Morgan fingerprint density at radius 2 is 2.07 bits per heavy atom. The lowest BCUT2D eigenvalue weighted by Gasteiger charge is -1.93. The van der Waals surface area contributed by atoms with Gasteiger partial charge in [0.25, 0.3) is 0 Å². The van der Waals surface area contributed by atoms with Crippen LogP contribution in [0.25, 0.3) is 11.4 Å². The van der Waals surface area contributed by atoms with Crippen LogP contribution >= 0.6 is 0 Å². The van der Waals surface area contributed by atoms with Crippen molar-refractivity contribution in [2.75, 3.05) is 0 Å². The van der Waals surface area contributed by atoms with Gasteiger partial charge in [-0.1, -0.05) is 36.3 Å². The van der Waals surface area contributed by atoms with Crippen molar-refractivity contribution < 1.29 is 9.32 Å². The molecule has 4 heteroatoms. The number of rotatable bonds is 3. The summed E-state index contributed by atoms with van der Waals surface area (Å²) >= 11 is 0. The minimum absolute atomic E-state index is 0.560. The van der Waals surface area contributed by atoms with Crippen LogP contribution in [0.4, 0.5) is 0 Å². The Hall–Kier alpha value is -1.97.